The number of hydrogen-bond acceptors (Lipinski definition) is 6. The third-order valence-electron chi connectivity index (χ3n) is 5.42. The van der Waals surface area contributed by atoms with E-state index in [1.165, 1.54) is 0 Å². The molecule has 1 N–H and O–H groups in total. The van der Waals surface area contributed by atoms with E-state index >= 15 is 0 Å². The number of fused-ring (bicyclic) bond motifs is 1. The summed E-state index contributed by atoms with van der Waals surface area (Å²) in [4.78, 5) is 12.3. The van der Waals surface area contributed by atoms with Crippen LogP contribution in [-0.4, -0.2) is 21.3 Å². The molecule has 37 heavy (non-hydrogen) atoms. The molecule has 0 spiro atoms. The molecule has 0 radical (unpaired) electrons. The monoisotopic (exact) mass is 592 g/mol. The Morgan fingerprint density at radius 3 is 2.51 bits per heavy atom. The lowest BCUT2D eigenvalue weighted by atomic mass is 10.0. The summed E-state index contributed by atoms with van der Waals surface area (Å²) in [5.74, 6) is -0.288. The predicted octanol–water partition coefficient (Wildman–Crippen LogP) is 8.10. The number of hydrogen-bond donors (Lipinski definition) is 1. The van der Waals surface area contributed by atoms with Gasteiger partial charge < -0.3 is 14.3 Å². The van der Waals surface area contributed by atoms with E-state index in [1.807, 2.05) is 60.7 Å². The highest BCUT2D eigenvalue weighted by molar-refractivity contribution is 9.10. The van der Waals surface area contributed by atoms with Gasteiger partial charge in [-0.25, -0.2) is 4.79 Å². The van der Waals surface area contributed by atoms with Crippen molar-refractivity contribution in [3.8, 4) is 17.2 Å². The van der Waals surface area contributed by atoms with Crippen LogP contribution in [-0.2, 0) is 11.4 Å². The number of ether oxygens (including phenoxy) is 1. The van der Waals surface area contributed by atoms with Crippen LogP contribution in [0.15, 0.2) is 104 Å². The second kappa shape index (κ2) is 11.2. The van der Waals surface area contributed by atoms with Gasteiger partial charge in [0.25, 0.3) is 5.22 Å². The highest BCUT2D eigenvalue weighted by Crippen LogP contribution is 2.35. The zero-order chi connectivity index (χ0) is 25.8. The molecule has 5 aromatic rings. The summed E-state index contributed by atoms with van der Waals surface area (Å²) in [5, 5.41) is 20.6. The van der Waals surface area contributed by atoms with Crippen molar-refractivity contribution in [2.75, 3.05) is 0 Å². The van der Waals surface area contributed by atoms with E-state index in [9.17, 15) is 9.90 Å². The van der Waals surface area contributed by atoms with E-state index in [4.69, 9.17) is 20.8 Å². The van der Waals surface area contributed by atoms with Crippen LogP contribution in [0, 0.1) is 0 Å². The molecule has 9 heteroatoms. The van der Waals surface area contributed by atoms with Crippen molar-refractivity contribution in [2.45, 2.75) is 11.8 Å². The summed E-state index contributed by atoms with van der Waals surface area (Å²) in [7, 11) is 0. The lowest BCUT2D eigenvalue weighted by molar-refractivity contribution is -0.131. The molecule has 0 aliphatic carbocycles. The van der Waals surface area contributed by atoms with Gasteiger partial charge in [0.1, 0.15) is 17.3 Å². The fourth-order valence-corrected chi connectivity index (χ4v) is 4.66. The molecule has 0 saturated carbocycles. The molecular weight excluding hydrogens is 576 g/mol. The molecule has 0 unspecified atom stereocenters. The molecule has 0 atom stereocenters. The summed E-state index contributed by atoms with van der Waals surface area (Å²) in [6, 6.07) is 26.3. The molecule has 0 aliphatic rings. The average molecular weight is 594 g/mol. The SMILES string of the molecule is O=C(O)/C(=C/c1c(OCc2ccc(Br)cc2)ccc2ccccc12)Sc1nnc(-c2ccc(Cl)cc2)o1. The maximum absolute atomic E-state index is 12.2. The van der Waals surface area contributed by atoms with Gasteiger partial charge in [0.2, 0.25) is 5.89 Å². The Labute approximate surface area is 230 Å². The van der Waals surface area contributed by atoms with Gasteiger partial charge in [-0.05, 0) is 76.6 Å². The molecular formula is C28H18BrClN2O4S. The molecule has 0 aliphatic heterocycles. The lowest BCUT2D eigenvalue weighted by Crippen LogP contribution is -2.00. The lowest BCUT2D eigenvalue weighted by Gasteiger charge is -2.13. The van der Waals surface area contributed by atoms with Crippen LogP contribution in [0.3, 0.4) is 0 Å². The zero-order valence-electron chi connectivity index (χ0n) is 19.1. The van der Waals surface area contributed by atoms with Gasteiger partial charge in [-0.3, -0.25) is 0 Å². The van der Waals surface area contributed by atoms with Gasteiger partial charge in [-0.1, -0.05) is 70.0 Å². The molecule has 184 valence electrons. The Morgan fingerprint density at radius 1 is 1.00 bits per heavy atom. The maximum Gasteiger partial charge on any atom is 0.342 e. The fraction of sp³-hybridized carbons (Fsp3) is 0.0357. The summed E-state index contributed by atoms with van der Waals surface area (Å²) in [5.41, 5.74) is 2.32. The van der Waals surface area contributed by atoms with Crippen molar-refractivity contribution >= 4 is 62.1 Å². The van der Waals surface area contributed by atoms with Crippen molar-refractivity contribution in [1.29, 1.82) is 0 Å². The minimum atomic E-state index is -1.12. The van der Waals surface area contributed by atoms with E-state index in [2.05, 4.69) is 26.1 Å². The largest absolute Gasteiger partial charge is 0.488 e. The number of carbonyl (C=O) groups is 1. The van der Waals surface area contributed by atoms with Gasteiger partial charge in [0.15, 0.2) is 0 Å². The van der Waals surface area contributed by atoms with Crippen LogP contribution in [0.2, 0.25) is 5.02 Å². The van der Waals surface area contributed by atoms with Gasteiger partial charge in [0.05, 0.1) is 0 Å². The summed E-state index contributed by atoms with van der Waals surface area (Å²) < 4.78 is 12.8. The molecule has 0 saturated heterocycles. The minimum Gasteiger partial charge on any atom is -0.488 e. The average Bonchev–Trinajstić information content (AvgIpc) is 3.37. The standard InChI is InChI=1S/C28H18BrClN2O4S/c29-20-10-5-17(6-11-20)16-35-24-14-9-18-3-1-2-4-22(18)23(24)15-25(27(33)34)37-28-32-31-26(36-28)19-7-12-21(30)13-8-19/h1-15H,16H2,(H,33,34)/b25-15-. The van der Waals surface area contributed by atoms with Crippen LogP contribution in [0.25, 0.3) is 28.3 Å². The van der Waals surface area contributed by atoms with Crippen LogP contribution in [0.4, 0.5) is 0 Å². The number of nitrogens with zero attached hydrogens (tertiary/aromatic N) is 2. The molecule has 5 rings (SSSR count). The topological polar surface area (TPSA) is 85.5 Å². The number of aliphatic carboxylic acids is 1. The Hall–Kier alpha value is -3.59. The highest BCUT2D eigenvalue weighted by atomic mass is 79.9. The predicted molar refractivity (Wildman–Crippen MR) is 149 cm³/mol. The van der Waals surface area contributed by atoms with Crippen molar-refractivity contribution in [3.05, 3.63) is 110 Å². The van der Waals surface area contributed by atoms with E-state index in [1.54, 1.807) is 30.3 Å². The number of halogens is 2. The Morgan fingerprint density at radius 2 is 1.76 bits per heavy atom. The van der Waals surface area contributed by atoms with Crippen LogP contribution in [0.5, 0.6) is 5.75 Å². The number of carboxylic acids is 1. The fourth-order valence-electron chi connectivity index (χ4n) is 3.61. The van der Waals surface area contributed by atoms with Crippen LogP contribution in [0.1, 0.15) is 11.1 Å². The normalized spacial score (nSPS) is 11.6. The Bertz CT molecular complexity index is 1600. The smallest absolute Gasteiger partial charge is 0.342 e. The molecule has 0 amide bonds. The first-order valence-corrected chi connectivity index (χ1v) is 13.1. The number of carboxylic acid groups (broad SMARTS) is 1. The maximum atomic E-state index is 12.2. The minimum absolute atomic E-state index is 0.0103. The first-order chi connectivity index (χ1) is 18.0. The summed E-state index contributed by atoms with van der Waals surface area (Å²) in [6.07, 6.45) is 1.58. The van der Waals surface area contributed by atoms with Crippen LogP contribution < -0.4 is 4.74 Å². The second-order valence-electron chi connectivity index (χ2n) is 7.91. The van der Waals surface area contributed by atoms with Crippen molar-refractivity contribution in [3.63, 3.8) is 0 Å². The van der Waals surface area contributed by atoms with Crippen molar-refractivity contribution in [2.24, 2.45) is 0 Å². The number of benzene rings is 4. The molecule has 0 fully saturated rings. The molecule has 0 bridgehead atoms. The first kappa shape index (κ1) is 25.1. The van der Waals surface area contributed by atoms with Gasteiger partial charge in [-0.2, -0.15) is 0 Å². The third kappa shape index (κ3) is 6.05. The van der Waals surface area contributed by atoms with Crippen molar-refractivity contribution < 1.29 is 19.1 Å². The molecule has 1 aromatic heterocycles. The highest BCUT2D eigenvalue weighted by Gasteiger charge is 2.18. The van der Waals surface area contributed by atoms with E-state index in [0.717, 1.165) is 32.6 Å². The quantitative estimate of drug-likeness (QED) is 0.144. The van der Waals surface area contributed by atoms with Crippen LogP contribution >= 0.6 is 39.3 Å². The van der Waals surface area contributed by atoms with E-state index < -0.39 is 5.97 Å². The Balaban J connectivity index is 1.48. The van der Waals surface area contributed by atoms with Gasteiger partial charge in [0, 0.05) is 20.6 Å². The second-order valence-corrected chi connectivity index (χ2v) is 10.3. The number of aromatic nitrogens is 2. The summed E-state index contributed by atoms with van der Waals surface area (Å²) >= 11 is 10.3. The summed E-state index contributed by atoms with van der Waals surface area (Å²) in [6.45, 7) is 0.329. The molecule has 6 nitrogen and oxygen atoms in total. The van der Waals surface area contributed by atoms with E-state index in [-0.39, 0.29) is 16.0 Å². The molecule has 1 heterocycles. The first-order valence-electron chi connectivity index (χ1n) is 11.1. The Kier molecular flexibility index (Phi) is 7.60. The number of rotatable bonds is 8. The van der Waals surface area contributed by atoms with Crippen molar-refractivity contribution in [1.82, 2.24) is 10.2 Å². The zero-order valence-corrected chi connectivity index (χ0v) is 22.3. The van der Waals surface area contributed by atoms with E-state index in [0.29, 0.717) is 28.5 Å². The number of thioether (sulfide) groups is 1. The van der Waals surface area contributed by atoms with Gasteiger partial charge in [-0.15, -0.1) is 10.2 Å². The molecule has 4 aromatic carbocycles. The third-order valence-corrected chi connectivity index (χ3v) is 7.05. The van der Waals surface area contributed by atoms with Gasteiger partial charge >= 0.3 is 5.97 Å².